The third-order valence-electron chi connectivity index (χ3n) is 1.31. The summed E-state index contributed by atoms with van der Waals surface area (Å²) in [5.74, 6) is 0.816. The fourth-order valence-electron chi connectivity index (χ4n) is 0.832. The van der Waals surface area contributed by atoms with E-state index in [1.807, 2.05) is 18.2 Å². The molecule has 0 bridgehead atoms. The van der Waals surface area contributed by atoms with Crippen LogP contribution in [0.3, 0.4) is 0 Å². The molecule has 0 aliphatic rings. The highest BCUT2D eigenvalue weighted by Crippen LogP contribution is 2.24. The molecule has 12 heavy (non-hydrogen) atoms. The summed E-state index contributed by atoms with van der Waals surface area (Å²) in [6.07, 6.45) is 1.00. The topological polar surface area (TPSA) is 9.23 Å². The molecule has 1 nitrogen and oxygen atoms in total. The van der Waals surface area contributed by atoms with Crippen LogP contribution in [0.1, 0.15) is 13.3 Å². The van der Waals surface area contributed by atoms with Gasteiger partial charge in [-0.25, -0.2) is 0 Å². The molecule has 0 unspecified atom stereocenters. The zero-order valence-electron chi connectivity index (χ0n) is 6.81. The number of benzene rings is 1. The minimum absolute atomic E-state index is 0.690. The van der Waals surface area contributed by atoms with Gasteiger partial charge >= 0.3 is 0 Å². The summed E-state index contributed by atoms with van der Waals surface area (Å²) in [5, 5.41) is 0.690. The Balaban J connectivity index is 2.72. The fourth-order valence-corrected chi connectivity index (χ4v) is 1.66. The molecular formula is C9H10BrClO. The summed E-state index contributed by atoms with van der Waals surface area (Å²) in [6, 6.07) is 5.55. The second-order valence-corrected chi connectivity index (χ2v) is 3.81. The molecular weight excluding hydrogens is 239 g/mol. The van der Waals surface area contributed by atoms with Crippen molar-refractivity contribution in [2.75, 3.05) is 6.61 Å². The predicted molar refractivity (Wildman–Crippen MR) is 54.9 cm³/mol. The Kier molecular flexibility index (Phi) is 3.89. The van der Waals surface area contributed by atoms with E-state index in [1.54, 1.807) is 0 Å². The maximum Gasteiger partial charge on any atom is 0.121 e. The molecule has 0 aliphatic carbocycles. The smallest absolute Gasteiger partial charge is 0.121 e. The van der Waals surface area contributed by atoms with Crippen LogP contribution in [-0.4, -0.2) is 6.61 Å². The van der Waals surface area contributed by atoms with E-state index in [1.165, 1.54) is 0 Å². The zero-order chi connectivity index (χ0) is 8.97. The van der Waals surface area contributed by atoms with Gasteiger partial charge in [0.25, 0.3) is 0 Å². The molecule has 0 fully saturated rings. The number of rotatable bonds is 3. The van der Waals surface area contributed by atoms with E-state index in [0.29, 0.717) is 5.02 Å². The van der Waals surface area contributed by atoms with Crippen LogP contribution in [0.2, 0.25) is 5.02 Å². The molecule has 3 heteroatoms. The molecule has 0 atom stereocenters. The molecule has 0 saturated heterocycles. The average Bonchev–Trinajstić information content (AvgIpc) is 1.99. The molecule has 0 amide bonds. The van der Waals surface area contributed by atoms with E-state index in [9.17, 15) is 0 Å². The van der Waals surface area contributed by atoms with Crippen molar-refractivity contribution in [2.24, 2.45) is 0 Å². The van der Waals surface area contributed by atoms with Gasteiger partial charge in [-0.3, -0.25) is 0 Å². The van der Waals surface area contributed by atoms with Gasteiger partial charge in [0.05, 0.1) is 6.61 Å². The average molecular weight is 250 g/mol. The molecule has 0 aromatic heterocycles. The molecule has 0 aliphatic heterocycles. The molecule has 1 aromatic carbocycles. The van der Waals surface area contributed by atoms with Crippen molar-refractivity contribution in [3.63, 3.8) is 0 Å². The van der Waals surface area contributed by atoms with Gasteiger partial charge in [-0.05, 0) is 24.6 Å². The summed E-state index contributed by atoms with van der Waals surface area (Å²) in [5.41, 5.74) is 0. The summed E-state index contributed by atoms with van der Waals surface area (Å²) < 4.78 is 6.35. The number of halogens is 2. The highest BCUT2D eigenvalue weighted by atomic mass is 79.9. The molecule has 66 valence electrons. The molecule has 0 heterocycles. The van der Waals surface area contributed by atoms with Crippen LogP contribution in [0.15, 0.2) is 22.7 Å². The van der Waals surface area contributed by atoms with Crippen LogP contribution in [0.25, 0.3) is 0 Å². The maximum atomic E-state index is 5.82. The zero-order valence-corrected chi connectivity index (χ0v) is 9.15. The maximum absolute atomic E-state index is 5.82. The normalized spacial score (nSPS) is 9.92. The van der Waals surface area contributed by atoms with Crippen LogP contribution in [0, 0.1) is 0 Å². The summed E-state index contributed by atoms with van der Waals surface area (Å²) in [4.78, 5) is 0. The van der Waals surface area contributed by atoms with Crippen molar-refractivity contribution in [2.45, 2.75) is 13.3 Å². The van der Waals surface area contributed by atoms with Crippen molar-refractivity contribution in [1.82, 2.24) is 0 Å². The molecule has 0 saturated carbocycles. The number of hydrogen-bond donors (Lipinski definition) is 0. The SMILES string of the molecule is CCCOc1cc(Cl)cc(Br)c1. The lowest BCUT2D eigenvalue weighted by Gasteiger charge is -2.04. The second-order valence-electron chi connectivity index (χ2n) is 2.45. The first-order valence-electron chi connectivity index (χ1n) is 3.81. The minimum Gasteiger partial charge on any atom is -0.494 e. The Morgan fingerprint density at radius 2 is 2.17 bits per heavy atom. The van der Waals surface area contributed by atoms with Gasteiger partial charge in [0.15, 0.2) is 0 Å². The van der Waals surface area contributed by atoms with E-state index in [0.717, 1.165) is 23.2 Å². The Hall–Kier alpha value is -0.210. The second kappa shape index (κ2) is 4.73. The Bertz CT molecular complexity index is 242. The minimum atomic E-state index is 0.690. The Morgan fingerprint density at radius 3 is 2.75 bits per heavy atom. The van der Waals surface area contributed by atoms with E-state index in [-0.39, 0.29) is 0 Å². The molecule has 0 radical (unpaired) electrons. The van der Waals surface area contributed by atoms with Crippen molar-refractivity contribution < 1.29 is 4.74 Å². The van der Waals surface area contributed by atoms with Crippen LogP contribution < -0.4 is 4.74 Å². The van der Waals surface area contributed by atoms with Gasteiger partial charge in [0, 0.05) is 9.50 Å². The van der Waals surface area contributed by atoms with Gasteiger partial charge in [0.1, 0.15) is 5.75 Å². The van der Waals surface area contributed by atoms with Gasteiger partial charge in [0.2, 0.25) is 0 Å². The fraction of sp³-hybridized carbons (Fsp3) is 0.333. The van der Waals surface area contributed by atoms with Gasteiger partial charge in [-0.15, -0.1) is 0 Å². The van der Waals surface area contributed by atoms with Gasteiger partial charge in [-0.1, -0.05) is 34.5 Å². The van der Waals surface area contributed by atoms with Crippen molar-refractivity contribution in [1.29, 1.82) is 0 Å². The highest BCUT2D eigenvalue weighted by molar-refractivity contribution is 9.10. The van der Waals surface area contributed by atoms with Crippen molar-refractivity contribution in [3.05, 3.63) is 27.7 Å². The predicted octanol–water partition coefficient (Wildman–Crippen LogP) is 3.89. The van der Waals surface area contributed by atoms with Crippen LogP contribution >= 0.6 is 27.5 Å². The molecule has 1 rings (SSSR count). The standard InChI is InChI=1S/C9H10BrClO/c1-2-3-12-9-5-7(10)4-8(11)6-9/h4-6H,2-3H2,1H3. The number of ether oxygens (including phenoxy) is 1. The molecule has 1 aromatic rings. The largest absolute Gasteiger partial charge is 0.494 e. The van der Waals surface area contributed by atoms with Crippen LogP contribution in [0.4, 0.5) is 0 Å². The highest BCUT2D eigenvalue weighted by Gasteiger charge is 1.97. The summed E-state index contributed by atoms with van der Waals surface area (Å²) in [6.45, 7) is 2.80. The lowest BCUT2D eigenvalue weighted by atomic mass is 10.3. The lowest BCUT2D eigenvalue weighted by molar-refractivity contribution is 0.317. The van der Waals surface area contributed by atoms with E-state index in [4.69, 9.17) is 16.3 Å². The number of hydrogen-bond acceptors (Lipinski definition) is 1. The first-order chi connectivity index (χ1) is 5.72. The van der Waals surface area contributed by atoms with Crippen molar-refractivity contribution >= 4 is 27.5 Å². The summed E-state index contributed by atoms with van der Waals surface area (Å²) >= 11 is 9.16. The Morgan fingerprint density at radius 1 is 1.42 bits per heavy atom. The van der Waals surface area contributed by atoms with Crippen LogP contribution in [-0.2, 0) is 0 Å². The summed E-state index contributed by atoms with van der Waals surface area (Å²) in [7, 11) is 0. The van der Waals surface area contributed by atoms with Gasteiger partial charge in [-0.2, -0.15) is 0 Å². The molecule has 0 N–H and O–H groups in total. The lowest BCUT2D eigenvalue weighted by Crippen LogP contribution is -1.94. The van der Waals surface area contributed by atoms with E-state index >= 15 is 0 Å². The third-order valence-corrected chi connectivity index (χ3v) is 1.98. The van der Waals surface area contributed by atoms with Crippen molar-refractivity contribution in [3.8, 4) is 5.75 Å². The van der Waals surface area contributed by atoms with Crippen LogP contribution in [0.5, 0.6) is 5.75 Å². The Labute approximate surface area is 85.8 Å². The first kappa shape index (κ1) is 9.87. The quantitative estimate of drug-likeness (QED) is 0.790. The molecule has 0 spiro atoms. The third kappa shape index (κ3) is 3.03. The van der Waals surface area contributed by atoms with E-state index < -0.39 is 0 Å². The monoisotopic (exact) mass is 248 g/mol. The first-order valence-corrected chi connectivity index (χ1v) is 4.98. The van der Waals surface area contributed by atoms with E-state index in [2.05, 4.69) is 22.9 Å². The van der Waals surface area contributed by atoms with Gasteiger partial charge < -0.3 is 4.74 Å².